The third-order valence-corrected chi connectivity index (χ3v) is 6.54. The lowest BCUT2D eigenvalue weighted by molar-refractivity contribution is 0.201. The van der Waals surface area contributed by atoms with Crippen LogP contribution in [-0.4, -0.2) is 41.1 Å². The number of aliphatic imine (C=N–C) groups is 1. The fourth-order valence-corrected chi connectivity index (χ4v) is 4.66. The maximum atomic E-state index is 5.91. The van der Waals surface area contributed by atoms with Crippen molar-refractivity contribution in [3.8, 4) is 5.88 Å². The van der Waals surface area contributed by atoms with Crippen molar-refractivity contribution < 1.29 is 4.74 Å². The van der Waals surface area contributed by atoms with Gasteiger partial charge in [-0.1, -0.05) is 6.07 Å². The topological polar surface area (TPSA) is 58.5 Å². The Labute approximate surface area is 178 Å². The van der Waals surface area contributed by atoms with Crippen LogP contribution in [0.25, 0.3) is 0 Å². The number of rotatable bonds is 6. The fourth-order valence-electron chi connectivity index (χ4n) is 3.42. The maximum Gasteiger partial charge on any atom is 0.213 e. The Bertz CT molecular complexity index is 569. The average molecular weight is 490 g/mol. The summed E-state index contributed by atoms with van der Waals surface area (Å²) in [7, 11) is 1.82. The molecule has 26 heavy (non-hydrogen) atoms. The molecule has 2 heterocycles. The molecule has 1 aromatic heterocycles. The second-order valence-electron chi connectivity index (χ2n) is 7.21. The summed E-state index contributed by atoms with van der Waals surface area (Å²) in [6.07, 6.45) is 9.69. The fraction of sp³-hybridized carbons (Fsp3) is 0.684. The third-order valence-electron chi connectivity index (χ3n) is 5.00. The summed E-state index contributed by atoms with van der Waals surface area (Å²) in [5.41, 5.74) is 1.13. The monoisotopic (exact) mass is 490 g/mol. The van der Waals surface area contributed by atoms with Gasteiger partial charge in [0.25, 0.3) is 0 Å². The van der Waals surface area contributed by atoms with E-state index in [4.69, 9.17) is 4.74 Å². The molecule has 1 aliphatic heterocycles. The van der Waals surface area contributed by atoms with Crippen LogP contribution in [0, 0.1) is 0 Å². The Kier molecular flexibility index (Phi) is 8.79. The molecule has 1 saturated heterocycles. The molecule has 0 radical (unpaired) electrons. The number of thioether (sulfide) groups is 1. The van der Waals surface area contributed by atoms with E-state index in [2.05, 4.69) is 45.4 Å². The molecule has 1 aliphatic carbocycles. The molecule has 0 spiro atoms. The first-order chi connectivity index (χ1) is 12.2. The highest BCUT2D eigenvalue weighted by Gasteiger charge is 2.29. The van der Waals surface area contributed by atoms with E-state index >= 15 is 0 Å². The maximum absolute atomic E-state index is 5.91. The van der Waals surface area contributed by atoms with Gasteiger partial charge < -0.3 is 15.4 Å². The van der Waals surface area contributed by atoms with E-state index in [0.717, 1.165) is 36.8 Å². The van der Waals surface area contributed by atoms with Crippen molar-refractivity contribution in [1.82, 2.24) is 15.6 Å². The second-order valence-corrected chi connectivity index (χ2v) is 8.89. The number of hydrogen-bond acceptors (Lipinski definition) is 4. The minimum atomic E-state index is 0. The number of halogens is 1. The van der Waals surface area contributed by atoms with Gasteiger partial charge >= 0.3 is 0 Å². The highest BCUT2D eigenvalue weighted by Crippen LogP contribution is 2.36. The van der Waals surface area contributed by atoms with Crippen LogP contribution < -0.4 is 15.4 Å². The molecule has 0 bridgehead atoms. The number of pyridine rings is 1. The lowest BCUT2D eigenvalue weighted by Crippen LogP contribution is -2.43. The summed E-state index contributed by atoms with van der Waals surface area (Å²) in [6.45, 7) is 3.99. The number of aromatic nitrogens is 1. The van der Waals surface area contributed by atoms with Crippen molar-refractivity contribution in [2.24, 2.45) is 4.99 Å². The van der Waals surface area contributed by atoms with E-state index in [0.29, 0.717) is 17.4 Å². The lowest BCUT2D eigenvalue weighted by Gasteiger charge is -2.24. The molecule has 0 amide bonds. The van der Waals surface area contributed by atoms with Gasteiger partial charge in [-0.15, -0.1) is 24.0 Å². The van der Waals surface area contributed by atoms with E-state index in [1.807, 2.05) is 19.3 Å². The summed E-state index contributed by atoms with van der Waals surface area (Å²) in [5, 5.41) is 6.82. The van der Waals surface area contributed by atoms with E-state index < -0.39 is 0 Å². The molecule has 7 heteroatoms. The van der Waals surface area contributed by atoms with Gasteiger partial charge in [-0.05, 0) is 56.8 Å². The van der Waals surface area contributed by atoms with Crippen LogP contribution in [0.4, 0.5) is 0 Å². The molecule has 2 aliphatic rings. The van der Waals surface area contributed by atoms with E-state index in [-0.39, 0.29) is 24.0 Å². The zero-order chi connectivity index (χ0) is 17.5. The van der Waals surface area contributed by atoms with Gasteiger partial charge in [-0.3, -0.25) is 4.99 Å². The molecule has 3 rings (SSSR count). The van der Waals surface area contributed by atoms with Crippen LogP contribution in [0.5, 0.6) is 5.88 Å². The number of nitrogens with zero attached hydrogens (tertiary/aromatic N) is 2. The number of ether oxygens (including phenoxy) is 1. The number of nitrogens with one attached hydrogen (secondary N) is 2. The summed E-state index contributed by atoms with van der Waals surface area (Å²) >= 11 is 2.06. The van der Waals surface area contributed by atoms with Gasteiger partial charge in [-0.25, -0.2) is 4.98 Å². The van der Waals surface area contributed by atoms with Crippen molar-refractivity contribution in [3.63, 3.8) is 0 Å². The molecule has 5 nitrogen and oxygen atoms in total. The second kappa shape index (κ2) is 10.6. The highest BCUT2D eigenvalue weighted by atomic mass is 127. The summed E-state index contributed by atoms with van der Waals surface area (Å²) in [4.78, 5) is 8.76. The molecule has 0 aromatic carbocycles. The lowest BCUT2D eigenvalue weighted by atomic mass is 10.1. The predicted molar refractivity (Wildman–Crippen MR) is 121 cm³/mol. The van der Waals surface area contributed by atoms with Crippen LogP contribution in [0.3, 0.4) is 0 Å². The molecule has 1 atom stereocenters. The molecule has 1 unspecified atom stereocenters. The predicted octanol–water partition coefficient (Wildman–Crippen LogP) is 3.97. The normalized spacial score (nSPS) is 23.5. The van der Waals surface area contributed by atoms with Gasteiger partial charge in [0.2, 0.25) is 5.88 Å². The molecular weight excluding hydrogens is 459 g/mol. The summed E-state index contributed by atoms with van der Waals surface area (Å²) < 4.78 is 6.25. The van der Waals surface area contributed by atoms with Gasteiger partial charge in [0.05, 0.1) is 0 Å². The van der Waals surface area contributed by atoms with Crippen LogP contribution in [0.2, 0.25) is 0 Å². The molecule has 1 aromatic rings. The molecule has 2 N–H and O–H groups in total. The standard InChI is InChI=1S/C19H30N4OS.HI/c1-19(10-5-11-25-19)14-23-18(20-2)22-13-15-8-9-17(21-12-15)24-16-6-3-4-7-16;/h8-9,12,16H,3-7,10-11,13-14H2,1-2H3,(H2,20,22,23);1H. The van der Waals surface area contributed by atoms with Crippen molar-refractivity contribution in [2.45, 2.75) is 62.8 Å². The van der Waals surface area contributed by atoms with Crippen LogP contribution >= 0.6 is 35.7 Å². The molecule has 2 fully saturated rings. The van der Waals surface area contributed by atoms with Crippen LogP contribution in [0.15, 0.2) is 23.3 Å². The van der Waals surface area contributed by atoms with Gasteiger partial charge in [0.15, 0.2) is 5.96 Å². The van der Waals surface area contributed by atoms with Crippen LogP contribution in [-0.2, 0) is 6.54 Å². The first-order valence-corrected chi connectivity index (χ1v) is 10.4. The summed E-state index contributed by atoms with van der Waals surface area (Å²) in [5.74, 6) is 2.86. The Morgan fingerprint density at radius 1 is 1.31 bits per heavy atom. The summed E-state index contributed by atoms with van der Waals surface area (Å²) in [6, 6.07) is 4.05. The molecule has 1 saturated carbocycles. The first kappa shape index (κ1) is 21.6. The molecule has 146 valence electrons. The molecular formula is C19H31IN4OS. The smallest absolute Gasteiger partial charge is 0.213 e. The van der Waals surface area contributed by atoms with Crippen molar-refractivity contribution in [2.75, 3.05) is 19.3 Å². The minimum absolute atomic E-state index is 0. The van der Waals surface area contributed by atoms with E-state index in [1.165, 1.54) is 31.4 Å². The van der Waals surface area contributed by atoms with Crippen molar-refractivity contribution in [1.29, 1.82) is 0 Å². The highest BCUT2D eigenvalue weighted by molar-refractivity contribution is 14.0. The minimum Gasteiger partial charge on any atom is -0.474 e. The third kappa shape index (κ3) is 6.48. The Morgan fingerprint density at radius 2 is 2.12 bits per heavy atom. The SMILES string of the molecule is CN=C(NCc1ccc(OC2CCCC2)nc1)NCC1(C)CCCS1.I. The van der Waals surface area contributed by atoms with Gasteiger partial charge in [-0.2, -0.15) is 11.8 Å². The van der Waals surface area contributed by atoms with E-state index in [1.54, 1.807) is 0 Å². The Hall–Kier alpha value is -0.700. The first-order valence-electron chi connectivity index (χ1n) is 9.37. The number of hydrogen-bond donors (Lipinski definition) is 2. The zero-order valence-corrected chi connectivity index (χ0v) is 18.9. The zero-order valence-electron chi connectivity index (χ0n) is 15.8. The largest absolute Gasteiger partial charge is 0.474 e. The average Bonchev–Trinajstić information content (AvgIpc) is 3.29. The quantitative estimate of drug-likeness (QED) is 0.359. The van der Waals surface area contributed by atoms with Crippen molar-refractivity contribution >= 4 is 41.7 Å². The van der Waals surface area contributed by atoms with Crippen molar-refractivity contribution in [3.05, 3.63) is 23.9 Å². The van der Waals surface area contributed by atoms with E-state index in [9.17, 15) is 0 Å². The number of guanidine groups is 1. The van der Waals surface area contributed by atoms with Gasteiger partial charge in [0, 0.05) is 37.1 Å². The Morgan fingerprint density at radius 3 is 2.73 bits per heavy atom. The van der Waals surface area contributed by atoms with Crippen LogP contribution in [0.1, 0.15) is 51.0 Å². The van der Waals surface area contributed by atoms with Gasteiger partial charge in [0.1, 0.15) is 6.10 Å². The Balaban J connectivity index is 0.00000243.